The molecule has 0 atom stereocenters. The van der Waals surface area contributed by atoms with Crippen molar-refractivity contribution in [3.63, 3.8) is 0 Å². The summed E-state index contributed by atoms with van der Waals surface area (Å²) in [5.74, 6) is 0. The van der Waals surface area contributed by atoms with Gasteiger partial charge in [0.05, 0.1) is 16.0 Å². The third-order valence-corrected chi connectivity index (χ3v) is 3.32. The van der Waals surface area contributed by atoms with Crippen LogP contribution in [0.25, 0.3) is 11.0 Å². The first-order chi connectivity index (χ1) is 7.20. The van der Waals surface area contributed by atoms with E-state index in [0.717, 1.165) is 5.03 Å². The summed E-state index contributed by atoms with van der Waals surface area (Å²) in [5, 5.41) is 10.9. The summed E-state index contributed by atoms with van der Waals surface area (Å²) >= 11 is 7.45. The number of hydrogen-bond acceptors (Lipinski definition) is 4. The van der Waals surface area contributed by atoms with Gasteiger partial charge in [-0.15, -0.1) is 11.8 Å². The van der Waals surface area contributed by atoms with Gasteiger partial charge in [0, 0.05) is 7.05 Å². The van der Waals surface area contributed by atoms with Crippen LogP contribution < -0.4 is 0 Å². The molecule has 6 heteroatoms. The van der Waals surface area contributed by atoms with E-state index in [0.29, 0.717) is 21.7 Å². The Bertz CT molecular complexity index is 569. The average molecular weight is 239 g/mol. The molecule has 0 saturated carbocycles. The minimum atomic E-state index is 0.326. The predicted molar refractivity (Wildman–Crippen MR) is 60.0 cm³/mol. The lowest BCUT2D eigenvalue weighted by Crippen LogP contribution is -1.91. The minimum absolute atomic E-state index is 0.326. The topological polar surface area (TPSA) is 54.5 Å². The maximum Gasteiger partial charge on any atom is 0.146 e. The molecule has 0 fully saturated rings. The fraction of sp³-hybridized carbons (Fsp3) is 0.222. The van der Waals surface area contributed by atoms with Crippen LogP contribution in [0, 0.1) is 11.3 Å². The molecule has 0 N–H and O–H groups in total. The SMILES string of the molecule is CSc1c(C#N)c2c(Cl)ncnc2n1C. The van der Waals surface area contributed by atoms with Gasteiger partial charge in [-0.2, -0.15) is 5.26 Å². The van der Waals surface area contributed by atoms with Crippen LogP contribution in [0.1, 0.15) is 5.56 Å². The Morgan fingerprint density at radius 2 is 2.27 bits per heavy atom. The molecule has 2 aromatic rings. The standard InChI is InChI=1S/C9H7ClN4S/c1-14-8-6(7(10)12-4-13-8)5(3-11)9(14)15-2/h4H,1-2H3. The Kier molecular flexibility index (Phi) is 2.55. The van der Waals surface area contributed by atoms with E-state index in [9.17, 15) is 0 Å². The first kappa shape index (κ1) is 10.3. The second-order valence-electron chi connectivity index (χ2n) is 2.92. The molecule has 0 radical (unpaired) electrons. The quantitative estimate of drug-likeness (QED) is 0.565. The Morgan fingerprint density at radius 1 is 1.53 bits per heavy atom. The number of aromatic nitrogens is 3. The molecule has 0 bridgehead atoms. The monoisotopic (exact) mass is 238 g/mol. The lowest BCUT2D eigenvalue weighted by molar-refractivity contribution is 0.844. The van der Waals surface area contributed by atoms with Crippen molar-refractivity contribution < 1.29 is 0 Å². The number of thioether (sulfide) groups is 1. The summed E-state index contributed by atoms with van der Waals surface area (Å²) in [4.78, 5) is 8.01. The van der Waals surface area contributed by atoms with Gasteiger partial charge < -0.3 is 4.57 Å². The zero-order chi connectivity index (χ0) is 11.0. The van der Waals surface area contributed by atoms with Crippen LogP contribution in [0.2, 0.25) is 5.15 Å². The Hall–Kier alpha value is -1.25. The van der Waals surface area contributed by atoms with Gasteiger partial charge in [-0.3, -0.25) is 0 Å². The zero-order valence-electron chi connectivity index (χ0n) is 8.15. The summed E-state index contributed by atoms with van der Waals surface area (Å²) in [5.41, 5.74) is 1.24. The number of hydrogen-bond donors (Lipinski definition) is 0. The van der Waals surface area contributed by atoms with Crippen LogP contribution in [-0.4, -0.2) is 20.8 Å². The van der Waals surface area contributed by atoms with E-state index >= 15 is 0 Å². The molecule has 0 aromatic carbocycles. The number of nitriles is 1. The van der Waals surface area contributed by atoms with Crippen molar-refractivity contribution in [3.8, 4) is 6.07 Å². The average Bonchev–Trinajstić information content (AvgIpc) is 2.53. The molecule has 2 aromatic heterocycles. The van der Waals surface area contributed by atoms with Gasteiger partial charge in [0.2, 0.25) is 0 Å². The highest BCUT2D eigenvalue weighted by molar-refractivity contribution is 7.98. The molecule has 2 rings (SSSR count). The van der Waals surface area contributed by atoms with E-state index in [1.807, 2.05) is 17.9 Å². The molecule has 0 amide bonds. The molecule has 0 saturated heterocycles. The molecule has 0 aliphatic rings. The van der Waals surface area contributed by atoms with Crippen LogP contribution in [0.15, 0.2) is 11.4 Å². The molecule has 15 heavy (non-hydrogen) atoms. The van der Waals surface area contributed by atoms with Crippen molar-refractivity contribution in [2.75, 3.05) is 6.26 Å². The Balaban J connectivity index is 3.00. The van der Waals surface area contributed by atoms with E-state index in [-0.39, 0.29) is 0 Å². The minimum Gasteiger partial charge on any atom is -0.322 e. The van der Waals surface area contributed by atoms with Crippen molar-refractivity contribution in [1.82, 2.24) is 14.5 Å². The number of nitrogens with zero attached hydrogens (tertiary/aromatic N) is 4. The summed E-state index contributed by atoms with van der Waals surface area (Å²) in [6, 6.07) is 2.15. The Morgan fingerprint density at radius 3 is 2.87 bits per heavy atom. The van der Waals surface area contributed by atoms with E-state index in [4.69, 9.17) is 16.9 Å². The van der Waals surface area contributed by atoms with E-state index in [1.54, 1.807) is 0 Å². The van der Waals surface area contributed by atoms with Gasteiger partial charge in [-0.25, -0.2) is 9.97 Å². The third kappa shape index (κ3) is 1.37. The number of fused-ring (bicyclic) bond motifs is 1. The van der Waals surface area contributed by atoms with Gasteiger partial charge in [-0.1, -0.05) is 11.6 Å². The zero-order valence-corrected chi connectivity index (χ0v) is 9.72. The number of rotatable bonds is 1. The largest absolute Gasteiger partial charge is 0.322 e. The van der Waals surface area contributed by atoms with E-state index in [2.05, 4.69) is 16.0 Å². The summed E-state index contributed by atoms with van der Waals surface area (Å²) in [7, 11) is 1.86. The highest BCUT2D eigenvalue weighted by atomic mass is 35.5. The van der Waals surface area contributed by atoms with Gasteiger partial charge in [0.15, 0.2) is 0 Å². The van der Waals surface area contributed by atoms with Crippen molar-refractivity contribution in [2.45, 2.75) is 5.03 Å². The molecule has 0 aliphatic heterocycles. The van der Waals surface area contributed by atoms with Gasteiger partial charge >= 0.3 is 0 Å². The van der Waals surface area contributed by atoms with Crippen molar-refractivity contribution >= 4 is 34.4 Å². The van der Waals surface area contributed by atoms with Crippen LogP contribution in [0.5, 0.6) is 0 Å². The summed E-state index contributed by atoms with van der Waals surface area (Å²) < 4.78 is 1.85. The lowest BCUT2D eigenvalue weighted by Gasteiger charge is -1.98. The fourth-order valence-electron chi connectivity index (χ4n) is 1.54. The summed E-state index contributed by atoms with van der Waals surface area (Å²) in [6.45, 7) is 0. The second-order valence-corrected chi connectivity index (χ2v) is 4.07. The Labute approximate surface area is 95.9 Å². The third-order valence-electron chi connectivity index (χ3n) is 2.17. The number of halogens is 1. The molecular formula is C9H7ClN4S. The molecule has 2 heterocycles. The second kappa shape index (κ2) is 3.72. The van der Waals surface area contributed by atoms with E-state index in [1.165, 1.54) is 18.1 Å². The fourth-order valence-corrected chi connectivity index (χ4v) is 2.47. The normalized spacial score (nSPS) is 10.5. The molecule has 76 valence electrons. The molecular weight excluding hydrogens is 232 g/mol. The first-order valence-electron chi connectivity index (χ1n) is 4.13. The maximum absolute atomic E-state index is 9.09. The molecule has 0 aliphatic carbocycles. The predicted octanol–water partition coefficient (Wildman–Crippen LogP) is 2.22. The first-order valence-corrected chi connectivity index (χ1v) is 5.74. The van der Waals surface area contributed by atoms with Crippen LogP contribution in [0.4, 0.5) is 0 Å². The molecule has 4 nitrogen and oxygen atoms in total. The van der Waals surface area contributed by atoms with Crippen molar-refractivity contribution in [2.24, 2.45) is 7.05 Å². The van der Waals surface area contributed by atoms with Crippen LogP contribution in [-0.2, 0) is 7.05 Å². The van der Waals surface area contributed by atoms with Gasteiger partial charge in [0.1, 0.15) is 23.2 Å². The maximum atomic E-state index is 9.09. The van der Waals surface area contributed by atoms with Gasteiger partial charge in [-0.05, 0) is 6.26 Å². The highest BCUT2D eigenvalue weighted by Crippen LogP contribution is 2.32. The lowest BCUT2D eigenvalue weighted by atomic mass is 10.3. The molecule has 0 spiro atoms. The van der Waals surface area contributed by atoms with Crippen molar-refractivity contribution in [1.29, 1.82) is 5.26 Å². The van der Waals surface area contributed by atoms with Crippen LogP contribution in [0.3, 0.4) is 0 Å². The number of aryl methyl sites for hydroxylation is 1. The van der Waals surface area contributed by atoms with Crippen molar-refractivity contribution in [3.05, 3.63) is 17.0 Å². The van der Waals surface area contributed by atoms with Crippen LogP contribution >= 0.6 is 23.4 Å². The summed E-state index contributed by atoms with van der Waals surface area (Å²) in [6.07, 6.45) is 3.31. The smallest absolute Gasteiger partial charge is 0.146 e. The van der Waals surface area contributed by atoms with E-state index < -0.39 is 0 Å². The molecule has 0 unspecified atom stereocenters. The van der Waals surface area contributed by atoms with Gasteiger partial charge in [0.25, 0.3) is 0 Å². The highest BCUT2D eigenvalue weighted by Gasteiger charge is 2.18.